The third-order valence-corrected chi connectivity index (χ3v) is 4.99. The molecule has 2 N–H and O–H groups in total. The third kappa shape index (κ3) is 4.24. The number of carbonyl (C=O) groups excluding carboxylic acids is 1. The van der Waals surface area contributed by atoms with Crippen LogP contribution in [0.5, 0.6) is 5.75 Å². The van der Waals surface area contributed by atoms with Crippen LogP contribution in [0.3, 0.4) is 0 Å². The number of aromatic amines is 1. The molecule has 0 radical (unpaired) electrons. The van der Waals surface area contributed by atoms with E-state index in [1.165, 1.54) is 18.3 Å². The molecular weight excluding hydrogens is 407 g/mol. The zero-order chi connectivity index (χ0) is 21.5. The average Bonchev–Trinajstić information content (AvgIpc) is 3.16. The summed E-state index contributed by atoms with van der Waals surface area (Å²) in [6.45, 7) is 0.233. The summed E-state index contributed by atoms with van der Waals surface area (Å²) in [6, 6.07) is 9.96. The smallest absolute Gasteiger partial charge is 0.416 e. The fourth-order valence-electron chi connectivity index (χ4n) is 3.16. The summed E-state index contributed by atoms with van der Waals surface area (Å²) >= 11 is 0. The van der Waals surface area contributed by atoms with E-state index in [1.54, 1.807) is 18.2 Å². The Labute approximate surface area is 168 Å². The van der Waals surface area contributed by atoms with Crippen molar-refractivity contribution in [3.05, 3.63) is 59.8 Å². The van der Waals surface area contributed by atoms with E-state index in [2.05, 4.69) is 10.3 Å². The predicted molar refractivity (Wildman–Crippen MR) is 101 cm³/mol. The van der Waals surface area contributed by atoms with Crippen LogP contribution in [0.2, 0.25) is 0 Å². The van der Waals surface area contributed by atoms with Crippen LogP contribution in [0, 0.1) is 5.92 Å². The number of amides is 1. The van der Waals surface area contributed by atoms with E-state index in [1.807, 2.05) is 0 Å². The molecule has 158 valence electrons. The molecule has 0 aliphatic heterocycles. The van der Waals surface area contributed by atoms with E-state index in [4.69, 9.17) is 4.74 Å². The highest BCUT2D eigenvalue weighted by molar-refractivity contribution is 6.03. The van der Waals surface area contributed by atoms with E-state index in [0.29, 0.717) is 34.3 Å². The van der Waals surface area contributed by atoms with Crippen LogP contribution in [-0.2, 0) is 17.4 Å². The minimum Gasteiger partial charge on any atom is -0.493 e. The molecule has 1 heterocycles. The molecule has 1 aromatic heterocycles. The van der Waals surface area contributed by atoms with Gasteiger partial charge >= 0.3 is 6.18 Å². The Kier molecular flexibility index (Phi) is 4.91. The number of carbonyl (C=O) groups is 1. The van der Waals surface area contributed by atoms with Crippen molar-refractivity contribution in [3.8, 4) is 5.75 Å². The summed E-state index contributed by atoms with van der Waals surface area (Å²) in [5, 5.41) is 3.12. The Balaban J connectivity index is 1.38. The first-order valence-corrected chi connectivity index (χ1v) is 9.22. The summed E-state index contributed by atoms with van der Waals surface area (Å²) in [5.41, 5.74) is 1.07. The molecule has 4 nitrogen and oxygen atoms in total. The topological polar surface area (TPSA) is 54.1 Å². The number of hydrogen-bond donors (Lipinski definition) is 2. The van der Waals surface area contributed by atoms with Crippen LogP contribution in [0.15, 0.2) is 48.7 Å². The van der Waals surface area contributed by atoms with Crippen LogP contribution in [0.1, 0.15) is 17.5 Å². The fraction of sp³-hybridized carbons (Fsp3) is 0.286. The number of H-pyrrole nitrogens is 1. The van der Waals surface area contributed by atoms with Crippen LogP contribution in [0.25, 0.3) is 10.9 Å². The Bertz CT molecular complexity index is 1070. The van der Waals surface area contributed by atoms with Gasteiger partial charge in [-0.3, -0.25) is 4.79 Å². The van der Waals surface area contributed by atoms with E-state index < -0.39 is 35.9 Å². The summed E-state index contributed by atoms with van der Waals surface area (Å²) in [4.78, 5) is 14.9. The number of ether oxygens (including phenoxy) is 1. The van der Waals surface area contributed by atoms with Crippen molar-refractivity contribution in [1.29, 1.82) is 0 Å². The zero-order valence-electron chi connectivity index (χ0n) is 15.5. The van der Waals surface area contributed by atoms with Gasteiger partial charge in [0, 0.05) is 29.9 Å². The molecule has 1 atom stereocenters. The predicted octanol–water partition coefficient (Wildman–Crippen LogP) is 5.40. The highest BCUT2D eigenvalue weighted by Crippen LogP contribution is 2.49. The molecule has 1 unspecified atom stereocenters. The molecule has 3 aromatic rings. The Morgan fingerprint density at radius 2 is 1.87 bits per heavy atom. The first-order valence-electron chi connectivity index (χ1n) is 9.22. The lowest BCUT2D eigenvalue weighted by Gasteiger charge is -2.09. The number of anilines is 1. The Hall–Kier alpha value is -3.10. The molecule has 0 bridgehead atoms. The number of nitrogens with one attached hydrogen (secondary N) is 2. The van der Waals surface area contributed by atoms with Gasteiger partial charge in [-0.1, -0.05) is 12.1 Å². The number of hydrogen-bond acceptors (Lipinski definition) is 2. The van der Waals surface area contributed by atoms with Gasteiger partial charge in [-0.15, -0.1) is 0 Å². The number of fused-ring (bicyclic) bond motifs is 1. The van der Waals surface area contributed by atoms with Crippen LogP contribution in [0.4, 0.5) is 27.6 Å². The molecule has 1 fully saturated rings. The molecule has 1 saturated carbocycles. The van der Waals surface area contributed by atoms with Crippen molar-refractivity contribution in [1.82, 2.24) is 4.98 Å². The summed E-state index contributed by atoms with van der Waals surface area (Å²) < 4.78 is 69.6. The van der Waals surface area contributed by atoms with Crippen LogP contribution < -0.4 is 10.1 Å². The number of benzene rings is 2. The second-order valence-electron chi connectivity index (χ2n) is 7.21. The second kappa shape index (κ2) is 7.30. The Morgan fingerprint density at radius 3 is 2.50 bits per heavy atom. The van der Waals surface area contributed by atoms with Crippen molar-refractivity contribution in [3.63, 3.8) is 0 Å². The molecule has 1 aliphatic rings. The molecule has 1 aliphatic carbocycles. The molecule has 4 rings (SSSR count). The Morgan fingerprint density at radius 1 is 1.17 bits per heavy atom. The highest BCUT2D eigenvalue weighted by atomic mass is 19.4. The molecule has 0 spiro atoms. The monoisotopic (exact) mass is 424 g/mol. The van der Waals surface area contributed by atoms with Crippen LogP contribution >= 0.6 is 0 Å². The molecule has 2 aromatic carbocycles. The number of halogens is 5. The van der Waals surface area contributed by atoms with Gasteiger partial charge in [0.25, 0.3) is 5.92 Å². The van der Waals surface area contributed by atoms with Gasteiger partial charge in [0.1, 0.15) is 11.7 Å². The summed E-state index contributed by atoms with van der Waals surface area (Å²) in [7, 11) is 0. The van der Waals surface area contributed by atoms with Gasteiger partial charge in [0.05, 0.1) is 17.9 Å². The van der Waals surface area contributed by atoms with E-state index >= 15 is 0 Å². The van der Waals surface area contributed by atoms with Gasteiger partial charge in [-0.25, -0.2) is 8.78 Å². The number of alkyl halides is 5. The maximum Gasteiger partial charge on any atom is 0.416 e. The van der Waals surface area contributed by atoms with Crippen molar-refractivity contribution in [2.24, 2.45) is 5.92 Å². The van der Waals surface area contributed by atoms with Crippen molar-refractivity contribution < 1.29 is 31.5 Å². The summed E-state index contributed by atoms with van der Waals surface area (Å²) in [6.07, 6.45) is -2.89. The molecule has 0 saturated heterocycles. The third-order valence-electron chi connectivity index (χ3n) is 4.99. The normalized spacial score (nSPS) is 17.7. The molecule has 30 heavy (non-hydrogen) atoms. The maximum atomic E-state index is 13.1. The SMILES string of the molecule is O=C(Nc1c[nH]c2ccc(OCCc3ccc(C(F)(F)F)cc3)cc12)C1CC1(F)F. The van der Waals surface area contributed by atoms with Crippen molar-refractivity contribution >= 4 is 22.5 Å². The first kappa shape index (κ1) is 20.2. The molecular formula is C21H17F5N2O2. The van der Waals surface area contributed by atoms with Gasteiger partial charge in [-0.05, 0) is 35.9 Å². The van der Waals surface area contributed by atoms with Gasteiger partial charge in [-0.2, -0.15) is 13.2 Å². The van der Waals surface area contributed by atoms with E-state index in [-0.39, 0.29) is 6.61 Å². The highest BCUT2D eigenvalue weighted by Gasteiger charge is 2.61. The van der Waals surface area contributed by atoms with Gasteiger partial charge < -0.3 is 15.0 Å². The zero-order valence-corrected chi connectivity index (χ0v) is 15.5. The standard InChI is InChI=1S/C21H17F5N2O2/c22-20(23)10-16(20)19(29)28-18-11-27-17-6-5-14(9-15(17)18)30-8-7-12-1-3-13(4-2-12)21(24,25)26/h1-6,9,11,16,27H,7-8,10H2,(H,28,29). The maximum absolute atomic E-state index is 13.1. The quantitative estimate of drug-likeness (QED) is 0.521. The van der Waals surface area contributed by atoms with Crippen LogP contribution in [-0.4, -0.2) is 23.4 Å². The molecule has 9 heteroatoms. The van der Waals surface area contributed by atoms with Crippen molar-refractivity contribution in [2.75, 3.05) is 11.9 Å². The average molecular weight is 424 g/mol. The van der Waals surface area contributed by atoms with Gasteiger partial charge in [0.2, 0.25) is 5.91 Å². The second-order valence-corrected chi connectivity index (χ2v) is 7.21. The largest absolute Gasteiger partial charge is 0.493 e. The summed E-state index contributed by atoms with van der Waals surface area (Å²) in [5.74, 6) is -4.48. The minimum absolute atomic E-state index is 0.233. The molecule has 1 amide bonds. The lowest BCUT2D eigenvalue weighted by molar-refractivity contribution is -0.137. The van der Waals surface area contributed by atoms with E-state index in [0.717, 1.165) is 12.1 Å². The lowest BCUT2D eigenvalue weighted by Crippen LogP contribution is -2.17. The number of aromatic nitrogens is 1. The first-order chi connectivity index (χ1) is 14.1. The minimum atomic E-state index is -4.37. The van der Waals surface area contributed by atoms with Gasteiger partial charge in [0.15, 0.2) is 0 Å². The number of rotatable bonds is 6. The lowest BCUT2D eigenvalue weighted by atomic mass is 10.1. The van der Waals surface area contributed by atoms with E-state index in [9.17, 15) is 26.7 Å². The fourth-order valence-corrected chi connectivity index (χ4v) is 3.16. The van der Waals surface area contributed by atoms with Crippen molar-refractivity contribution in [2.45, 2.75) is 24.9 Å².